The highest BCUT2D eigenvalue weighted by atomic mass is 14.9. The van der Waals surface area contributed by atoms with Crippen LogP contribution in [-0.2, 0) is 5.41 Å². The minimum Gasteiger partial charge on any atom is -0.228 e. The highest BCUT2D eigenvalue weighted by molar-refractivity contribution is 5.88. The second-order valence-corrected chi connectivity index (χ2v) is 14.1. The van der Waals surface area contributed by atoms with Gasteiger partial charge in [-0.05, 0) is 67.8 Å². The largest absolute Gasteiger partial charge is 0.228 e. The van der Waals surface area contributed by atoms with E-state index in [1.54, 1.807) is 0 Å². The fourth-order valence-electron chi connectivity index (χ4n) is 8.38. The molecule has 1 aliphatic rings. The number of hydrogen-bond acceptors (Lipinski definition) is 2. The van der Waals surface area contributed by atoms with Crippen molar-refractivity contribution in [3.05, 3.63) is 241 Å². The molecule has 0 radical (unpaired) electrons. The molecule has 0 saturated heterocycles. The molecule has 0 spiro atoms. The lowest BCUT2D eigenvalue weighted by Crippen LogP contribution is -2.28. The predicted octanol–water partition coefficient (Wildman–Crippen LogP) is 13.2. The maximum atomic E-state index is 5.32. The van der Waals surface area contributed by atoms with Crippen LogP contribution in [0.4, 0.5) is 0 Å². The predicted molar refractivity (Wildman–Crippen MR) is 227 cm³/mol. The number of rotatable bonds is 7. The van der Waals surface area contributed by atoms with Crippen LogP contribution in [0.15, 0.2) is 218 Å². The van der Waals surface area contributed by atoms with Crippen molar-refractivity contribution in [3.8, 4) is 67.3 Å². The van der Waals surface area contributed by atoms with E-state index in [-0.39, 0.29) is 0 Å². The fraction of sp³-hybridized carbons (Fsp3) is 0.0189. The second-order valence-electron chi connectivity index (χ2n) is 14.1. The van der Waals surface area contributed by atoms with Crippen LogP contribution >= 0.6 is 0 Å². The normalized spacial score (nSPS) is 12.5. The molecule has 0 aliphatic heterocycles. The number of aromatic nitrogens is 2. The van der Waals surface area contributed by atoms with Crippen LogP contribution in [0.5, 0.6) is 0 Å². The van der Waals surface area contributed by atoms with Crippen LogP contribution in [0.1, 0.15) is 22.3 Å². The van der Waals surface area contributed by atoms with Gasteiger partial charge in [-0.3, -0.25) is 0 Å². The lowest BCUT2D eigenvalue weighted by molar-refractivity contribution is 0.768. The van der Waals surface area contributed by atoms with E-state index in [1.165, 1.54) is 50.1 Å². The van der Waals surface area contributed by atoms with Gasteiger partial charge in [0.05, 0.1) is 16.8 Å². The molecule has 0 bridgehead atoms. The first kappa shape index (κ1) is 32.5. The molecule has 258 valence electrons. The second kappa shape index (κ2) is 13.7. The maximum absolute atomic E-state index is 5.32. The van der Waals surface area contributed by atoms with Gasteiger partial charge in [-0.15, -0.1) is 0 Å². The molecule has 8 aromatic carbocycles. The zero-order valence-corrected chi connectivity index (χ0v) is 30.2. The molecule has 2 nitrogen and oxygen atoms in total. The number of fused-ring (bicyclic) bond motifs is 3. The lowest BCUT2D eigenvalue weighted by Gasteiger charge is -2.34. The molecule has 2 heteroatoms. The summed E-state index contributed by atoms with van der Waals surface area (Å²) in [6.45, 7) is 0. The first-order chi connectivity index (χ1) is 27.3. The van der Waals surface area contributed by atoms with Crippen molar-refractivity contribution in [2.45, 2.75) is 5.41 Å². The monoisotopic (exact) mass is 700 g/mol. The van der Waals surface area contributed by atoms with Gasteiger partial charge in [0.15, 0.2) is 5.82 Å². The Morgan fingerprint density at radius 1 is 0.273 bits per heavy atom. The van der Waals surface area contributed by atoms with Gasteiger partial charge >= 0.3 is 0 Å². The van der Waals surface area contributed by atoms with E-state index in [4.69, 9.17) is 9.97 Å². The fourth-order valence-corrected chi connectivity index (χ4v) is 8.38. The Kier molecular flexibility index (Phi) is 8.08. The lowest BCUT2D eigenvalue weighted by atomic mass is 9.67. The molecule has 0 atom stereocenters. The molecule has 0 fully saturated rings. The van der Waals surface area contributed by atoms with Crippen LogP contribution in [0.3, 0.4) is 0 Å². The van der Waals surface area contributed by atoms with Crippen LogP contribution in [0, 0.1) is 0 Å². The number of hydrogen-bond donors (Lipinski definition) is 0. The van der Waals surface area contributed by atoms with E-state index in [0.717, 1.165) is 33.6 Å². The zero-order valence-electron chi connectivity index (χ0n) is 30.2. The highest BCUT2D eigenvalue weighted by Crippen LogP contribution is 2.56. The minimum absolute atomic E-state index is 0.496. The van der Waals surface area contributed by atoms with Crippen molar-refractivity contribution in [2.75, 3.05) is 0 Å². The quantitative estimate of drug-likeness (QED) is 0.165. The maximum Gasteiger partial charge on any atom is 0.160 e. The summed E-state index contributed by atoms with van der Waals surface area (Å²) in [5.41, 5.74) is 16.6. The van der Waals surface area contributed by atoms with Gasteiger partial charge in [0, 0.05) is 16.7 Å². The Labute approximate surface area is 322 Å². The van der Waals surface area contributed by atoms with Crippen molar-refractivity contribution in [2.24, 2.45) is 0 Å². The third kappa shape index (κ3) is 5.67. The van der Waals surface area contributed by atoms with Gasteiger partial charge in [0.2, 0.25) is 0 Å². The Morgan fingerprint density at radius 3 is 1.24 bits per heavy atom. The van der Waals surface area contributed by atoms with Crippen LogP contribution in [0.25, 0.3) is 67.3 Å². The molecule has 55 heavy (non-hydrogen) atoms. The average Bonchev–Trinajstić information content (AvgIpc) is 3.58. The summed E-state index contributed by atoms with van der Waals surface area (Å²) in [6, 6.07) is 78.1. The molecule has 1 heterocycles. The summed E-state index contributed by atoms with van der Waals surface area (Å²) in [5, 5.41) is 0. The molecule has 0 unspecified atom stereocenters. The molecule has 0 saturated carbocycles. The molecular weight excluding hydrogens is 665 g/mol. The molecule has 1 aromatic heterocycles. The summed E-state index contributed by atoms with van der Waals surface area (Å²) in [5.74, 6) is 0.695. The molecular formula is C53H36N2. The summed E-state index contributed by atoms with van der Waals surface area (Å²) in [7, 11) is 0. The summed E-state index contributed by atoms with van der Waals surface area (Å²) in [6.07, 6.45) is 0. The zero-order chi connectivity index (χ0) is 36.6. The van der Waals surface area contributed by atoms with Crippen LogP contribution in [-0.4, -0.2) is 9.97 Å². The van der Waals surface area contributed by atoms with Gasteiger partial charge < -0.3 is 0 Å². The van der Waals surface area contributed by atoms with E-state index in [1.807, 2.05) is 6.07 Å². The molecule has 0 amide bonds. The third-order valence-corrected chi connectivity index (χ3v) is 11.0. The van der Waals surface area contributed by atoms with Crippen molar-refractivity contribution in [1.82, 2.24) is 9.97 Å². The average molecular weight is 701 g/mol. The van der Waals surface area contributed by atoms with Crippen molar-refractivity contribution < 1.29 is 0 Å². The Hall–Kier alpha value is -7.16. The van der Waals surface area contributed by atoms with E-state index >= 15 is 0 Å². The highest BCUT2D eigenvalue weighted by Gasteiger charge is 2.46. The molecule has 9 aromatic rings. The van der Waals surface area contributed by atoms with Gasteiger partial charge in [0.1, 0.15) is 0 Å². The van der Waals surface area contributed by atoms with Crippen molar-refractivity contribution in [3.63, 3.8) is 0 Å². The topological polar surface area (TPSA) is 25.8 Å². The van der Waals surface area contributed by atoms with E-state index < -0.39 is 5.41 Å². The van der Waals surface area contributed by atoms with E-state index in [2.05, 4.69) is 212 Å². The SMILES string of the molecule is c1ccc(-c2ccc(-c3cc(-c4ccc5c(c4)C(c4ccccc4)(c4ccccc4)c4ccccc4-5)nc(-c4ccc(-c5ccccc5)cc4)n3)cc2)cc1. The first-order valence-corrected chi connectivity index (χ1v) is 18.8. The van der Waals surface area contributed by atoms with E-state index in [9.17, 15) is 0 Å². The Morgan fingerprint density at radius 2 is 0.673 bits per heavy atom. The van der Waals surface area contributed by atoms with Crippen LogP contribution < -0.4 is 0 Å². The number of nitrogens with zero attached hydrogens (tertiary/aromatic N) is 2. The summed E-state index contributed by atoms with van der Waals surface area (Å²) >= 11 is 0. The van der Waals surface area contributed by atoms with Gasteiger partial charge in [-0.25, -0.2) is 9.97 Å². The summed E-state index contributed by atoms with van der Waals surface area (Å²) in [4.78, 5) is 10.5. The smallest absolute Gasteiger partial charge is 0.160 e. The molecule has 10 rings (SSSR count). The van der Waals surface area contributed by atoms with E-state index in [0.29, 0.717) is 5.82 Å². The minimum atomic E-state index is -0.496. The Balaban J connectivity index is 1.16. The third-order valence-electron chi connectivity index (χ3n) is 11.0. The number of benzene rings is 8. The standard InChI is InChI=1S/C53H36N2/c1-5-15-37(16-6-1)39-25-29-41(30-26-39)50-36-51(55-52(54-50)42-31-27-40(28-32-42)38-17-7-2-8-18-38)43-33-34-47-46-23-13-14-24-48(46)53(49(47)35-43,44-19-9-3-10-20-44)45-21-11-4-12-22-45/h1-36H. The van der Waals surface area contributed by atoms with Gasteiger partial charge in [-0.1, -0.05) is 206 Å². The van der Waals surface area contributed by atoms with Gasteiger partial charge in [0.25, 0.3) is 0 Å². The van der Waals surface area contributed by atoms with Crippen LogP contribution in [0.2, 0.25) is 0 Å². The van der Waals surface area contributed by atoms with Crippen molar-refractivity contribution in [1.29, 1.82) is 0 Å². The summed E-state index contributed by atoms with van der Waals surface area (Å²) < 4.78 is 0. The first-order valence-electron chi connectivity index (χ1n) is 18.8. The molecule has 1 aliphatic carbocycles. The Bertz CT molecular complexity index is 2620. The van der Waals surface area contributed by atoms with Gasteiger partial charge in [-0.2, -0.15) is 0 Å². The van der Waals surface area contributed by atoms with Crippen molar-refractivity contribution >= 4 is 0 Å². The molecule has 0 N–H and O–H groups in total.